The molecule has 30 heavy (non-hydrogen) atoms. The number of nitrogens with zero attached hydrogens (tertiary/aromatic N) is 1. The van der Waals surface area contributed by atoms with E-state index in [0.29, 0.717) is 11.3 Å². The van der Waals surface area contributed by atoms with E-state index >= 15 is 0 Å². The zero-order valence-electron chi connectivity index (χ0n) is 17.7. The fraction of sp³-hybridized carbons (Fsp3) is 0.538. The second kappa shape index (κ2) is 8.07. The molecular formula is C26H33FN2O. The third-order valence-electron chi connectivity index (χ3n) is 8.18. The zero-order valence-corrected chi connectivity index (χ0v) is 17.7. The molecule has 2 aromatic rings. The summed E-state index contributed by atoms with van der Waals surface area (Å²) in [6.45, 7) is 4.21. The molecule has 3 unspecified atom stereocenters. The van der Waals surface area contributed by atoms with Gasteiger partial charge in [0.2, 0.25) is 0 Å². The van der Waals surface area contributed by atoms with Gasteiger partial charge in [0.15, 0.2) is 0 Å². The Labute approximate surface area is 179 Å². The van der Waals surface area contributed by atoms with Gasteiger partial charge in [-0.15, -0.1) is 0 Å². The minimum Gasteiger partial charge on any atom is -0.384 e. The van der Waals surface area contributed by atoms with Crippen molar-refractivity contribution in [1.29, 1.82) is 0 Å². The number of benzene rings is 2. The van der Waals surface area contributed by atoms with E-state index < -0.39 is 5.60 Å². The molecule has 0 aromatic heterocycles. The van der Waals surface area contributed by atoms with Crippen molar-refractivity contribution in [3.8, 4) is 0 Å². The Hall–Kier alpha value is -1.75. The normalized spacial score (nSPS) is 31.8. The Morgan fingerprint density at radius 2 is 1.67 bits per heavy atom. The van der Waals surface area contributed by atoms with Crippen molar-refractivity contribution in [2.75, 3.05) is 26.2 Å². The summed E-state index contributed by atoms with van der Waals surface area (Å²) in [5.41, 5.74) is 1.78. The lowest BCUT2D eigenvalue weighted by atomic mass is 9.67. The van der Waals surface area contributed by atoms with Crippen LogP contribution in [0.5, 0.6) is 0 Å². The third-order valence-corrected chi connectivity index (χ3v) is 8.18. The van der Waals surface area contributed by atoms with Gasteiger partial charge in [0.25, 0.3) is 0 Å². The molecule has 2 heterocycles. The lowest BCUT2D eigenvalue weighted by Gasteiger charge is -2.51. The fourth-order valence-corrected chi connectivity index (χ4v) is 6.47. The Bertz CT molecular complexity index is 847. The highest BCUT2D eigenvalue weighted by molar-refractivity contribution is 5.27. The molecular weight excluding hydrogens is 375 g/mol. The van der Waals surface area contributed by atoms with Gasteiger partial charge in [0.05, 0.1) is 0 Å². The van der Waals surface area contributed by atoms with Crippen molar-refractivity contribution in [3.05, 3.63) is 71.5 Å². The SMILES string of the molecule is OC1(c2ccc(F)cc2)CCCCC1N1CCC2(CC1)CNCC2c1ccccc1. The quantitative estimate of drug-likeness (QED) is 0.789. The van der Waals surface area contributed by atoms with Crippen LogP contribution in [-0.4, -0.2) is 42.2 Å². The maximum atomic E-state index is 13.5. The van der Waals surface area contributed by atoms with Crippen molar-refractivity contribution >= 4 is 0 Å². The molecule has 3 nitrogen and oxygen atoms in total. The molecule has 3 fully saturated rings. The fourth-order valence-electron chi connectivity index (χ4n) is 6.47. The molecule has 5 rings (SSSR count). The lowest BCUT2D eigenvalue weighted by Crippen LogP contribution is -2.56. The van der Waals surface area contributed by atoms with Crippen molar-refractivity contribution in [2.24, 2.45) is 5.41 Å². The van der Waals surface area contributed by atoms with Crippen LogP contribution in [0.3, 0.4) is 0 Å². The van der Waals surface area contributed by atoms with Crippen LogP contribution in [0.4, 0.5) is 4.39 Å². The number of aliphatic hydroxyl groups is 1. The average Bonchev–Trinajstić information content (AvgIpc) is 3.19. The van der Waals surface area contributed by atoms with Crippen LogP contribution >= 0.6 is 0 Å². The van der Waals surface area contributed by atoms with Crippen LogP contribution in [0, 0.1) is 11.2 Å². The van der Waals surface area contributed by atoms with Crippen LogP contribution in [-0.2, 0) is 5.60 Å². The van der Waals surface area contributed by atoms with Crippen molar-refractivity contribution in [3.63, 3.8) is 0 Å². The lowest BCUT2D eigenvalue weighted by molar-refractivity contribution is -0.0931. The maximum absolute atomic E-state index is 13.5. The van der Waals surface area contributed by atoms with Crippen LogP contribution in [0.1, 0.15) is 55.6 Å². The van der Waals surface area contributed by atoms with E-state index in [1.54, 1.807) is 12.1 Å². The van der Waals surface area contributed by atoms with E-state index in [1.165, 1.54) is 17.7 Å². The van der Waals surface area contributed by atoms with Gasteiger partial charge < -0.3 is 10.4 Å². The summed E-state index contributed by atoms with van der Waals surface area (Å²) in [7, 11) is 0. The minimum atomic E-state index is -0.872. The van der Waals surface area contributed by atoms with Crippen molar-refractivity contribution in [1.82, 2.24) is 10.2 Å². The summed E-state index contributed by atoms with van der Waals surface area (Å²) in [6.07, 6.45) is 6.29. The zero-order chi connectivity index (χ0) is 20.6. The van der Waals surface area contributed by atoms with Gasteiger partial charge in [-0.05, 0) is 67.4 Å². The van der Waals surface area contributed by atoms with E-state index in [1.807, 2.05) is 0 Å². The van der Waals surface area contributed by atoms with Gasteiger partial charge >= 0.3 is 0 Å². The molecule has 2 saturated heterocycles. The topological polar surface area (TPSA) is 35.5 Å². The third kappa shape index (κ3) is 3.49. The van der Waals surface area contributed by atoms with Gasteiger partial charge in [-0.2, -0.15) is 0 Å². The largest absolute Gasteiger partial charge is 0.384 e. The first kappa shape index (κ1) is 20.2. The predicted octanol–water partition coefficient (Wildman–Crippen LogP) is 4.43. The second-order valence-corrected chi connectivity index (χ2v) is 9.69. The smallest absolute Gasteiger partial charge is 0.123 e. The van der Waals surface area contributed by atoms with E-state index in [0.717, 1.165) is 70.3 Å². The van der Waals surface area contributed by atoms with Gasteiger partial charge in [0.1, 0.15) is 11.4 Å². The molecule has 1 aliphatic carbocycles. The van der Waals surface area contributed by atoms with Crippen LogP contribution in [0.15, 0.2) is 54.6 Å². The summed E-state index contributed by atoms with van der Waals surface area (Å²) in [4.78, 5) is 2.54. The highest BCUT2D eigenvalue weighted by Gasteiger charge is 2.49. The summed E-state index contributed by atoms with van der Waals surface area (Å²) in [5, 5.41) is 15.4. The van der Waals surface area contributed by atoms with Gasteiger partial charge in [-0.3, -0.25) is 4.90 Å². The number of nitrogens with one attached hydrogen (secondary N) is 1. The first-order valence-corrected chi connectivity index (χ1v) is 11.6. The first-order chi connectivity index (χ1) is 14.6. The Kier molecular flexibility index (Phi) is 5.42. The number of piperidine rings is 1. The summed E-state index contributed by atoms with van der Waals surface area (Å²) in [5.74, 6) is 0.332. The minimum absolute atomic E-state index is 0.124. The number of hydrogen-bond donors (Lipinski definition) is 2. The number of likely N-dealkylation sites (tertiary alicyclic amines) is 1. The molecule has 1 spiro atoms. The van der Waals surface area contributed by atoms with Crippen molar-refractivity contribution in [2.45, 2.75) is 56.1 Å². The Balaban J connectivity index is 1.34. The average molecular weight is 409 g/mol. The van der Waals surface area contributed by atoms with Crippen molar-refractivity contribution < 1.29 is 9.50 Å². The Morgan fingerprint density at radius 1 is 0.933 bits per heavy atom. The van der Waals surface area contributed by atoms with E-state index in [-0.39, 0.29) is 11.9 Å². The summed E-state index contributed by atoms with van der Waals surface area (Å²) < 4.78 is 13.5. The number of halogens is 1. The Morgan fingerprint density at radius 3 is 2.40 bits per heavy atom. The maximum Gasteiger partial charge on any atom is 0.123 e. The molecule has 1 saturated carbocycles. The molecule has 0 amide bonds. The monoisotopic (exact) mass is 408 g/mol. The van der Waals surface area contributed by atoms with Crippen LogP contribution in [0.2, 0.25) is 0 Å². The molecule has 2 N–H and O–H groups in total. The standard InChI is InChI=1S/C26H33FN2O/c27-22-11-9-21(10-12-22)26(30)13-5-4-8-24(26)29-16-14-25(15-17-29)19-28-18-23(25)20-6-2-1-3-7-20/h1-3,6-7,9-12,23-24,28,30H,4-5,8,13-19H2. The molecule has 4 heteroatoms. The first-order valence-electron chi connectivity index (χ1n) is 11.6. The van der Waals surface area contributed by atoms with E-state index in [2.05, 4.69) is 40.5 Å². The number of hydrogen-bond acceptors (Lipinski definition) is 3. The van der Waals surface area contributed by atoms with Gasteiger partial charge in [0, 0.05) is 25.0 Å². The van der Waals surface area contributed by atoms with E-state index in [9.17, 15) is 9.50 Å². The van der Waals surface area contributed by atoms with Gasteiger partial charge in [-0.25, -0.2) is 4.39 Å². The predicted molar refractivity (Wildman–Crippen MR) is 118 cm³/mol. The molecule has 2 aliphatic heterocycles. The summed E-state index contributed by atoms with van der Waals surface area (Å²) >= 11 is 0. The van der Waals surface area contributed by atoms with Crippen LogP contribution < -0.4 is 5.32 Å². The highest BCUT2D eigenvalue weighted by atomic mass is 19.1. The summed E-state index contributed by atoms with van der Waals surface area (Å²) in [6, 6.07) is 17.6. The number of rotatable bonds is 3. The molecule has 0 radical (unpaired) electrons. The van der Waals surface area contributed by atoms with E-state index in [4.69, 9.17) is 0 Å². The second-order valence-electron chi connectivity index (χ2n) is 9.69. The highest BCUT2D eigenvalue weighted by Crippen LogP contribution is 2.49. The van der Waals surface area contributed by atoms with Gasteiger partial charge in [-0.1, -0.05) is 55.3 Å². The molecule has 160 valence electrons. The molecule has 3 aliphatic rings. The van der Waals surface area contributed by atoms with Crippen LogP contribution in [0.25, 0.3) is 0 Å². The molecule has 2 aromatic carbocycles. The molecule has 0 bridgehead atoms. The molecule has 3 atom stereocenters.